The highest BCUT2D eigenvalue weighted by molar-refractivity contribution is 4.71. The first-order valence-corrected chi connectivity index (χ1v) is 6.38. The van der Waals surface area contributed by atoms with E-state index in [1.165, 1.54) is 38.5 Å². The molecule has 0 atom stereocenters. The van der Waals surface area contributed by atoms with Crippen LogP contribution in [0.4, 0.5) is 0 Å². The van der Waals surface area contributed by atoms with Gasteiger partial charge in [-0.25, -0.2) is 0 Å². The molecule has 0 bridgehead atoms. The molecule has 0 unspecified atom stereocenters. The topological polar surface area (TPSA) is 23.5 Å². The lowest BCUT2D eigenvalue weighted by Crippen LogP contribution is -2.36. The minimum absolute atomic E-state index is 0.553. The highest BCUT2D eigenvalue weighted by Crippen LogP contribution is 2.28. The standard InChI is InChI=1S/C13H27NO/c1-13(2,15)11-14(3)10-6-9-12-7-4-5-8-12/h12,15H,4-11H2,1-3H3. The zero-order valence-electron chi connectivity index (χ0n) is 10.6. The van der Waals surface area contributed by atoms with Crippen LogP contribution in [0.3, 0.4) is 0 Å². The van der Waals surface area contributed by atoms with E-state index in [2.05, 4.69) is 11.9 Å². The van der Waals surface area contributed by atoms with Crippen LogP contribution in [-0.4, -0.2) is 35.7 Å². The molecule has 1 saturated carbocycles. The highest BCUT2D eigenvalue weighted by Gasteiger charge is 2.17. The van der Waals surface area contributed by atoms with Crippen LogP contribution >= 0.6 is 0 Å². The quantitative estimate of drug-likeness (QED) is 0.733. The molecular weight excluding hydrogens is 186 g/mol. The Labute approximate surface area is 94.7 Å². The zero-order chi connectivity index (χ0) is 11.3. The van der Waals surface area contributed by atoms with Crippen molar-refractivity contribution in [3.63, 3.8) is 0 Å². The first kappa shape index (κ1) is 13.0. The van der Waals surface area contributed by atoms with Gasteiger partial charge < -0.3 is 10.0 Å². The van der Waals surface area contributed by atoms with E-state index in [1.807, 2.05) is 13.8 Å². The van der Waals surface area contributed by atoms with Crippen molar-refractivity contribution in [2.24, 2.45) is 5.92 Å². The predicted molar refractivity (Wildman–Crippen MR) is 65.0 cm³/mol. The molecule has 90 valence electrons. The predicted octanol–water partition coefficient (Wildman–Crippen LogP) is 2.66. The maximum absolute atomic E-state index is 9.66. The molecule has 15 heavy (non-hydrogen) atoms. The third-order valence-electron chi connectivity index (χ3n) is 3.28. The fraction of sp³-hybridized carbons (Fsp3) is 1.00. The summed E-state index contributed by atoms with van der Waals surface area (Å²) in [6, 6.07) is 0. The van der Waals surface area contributed by atoms with Gasteiger partial charge in [-0.1, -0.05) is 25.7 Å². The Hall–Kier alpha value is -0.0800. The van der Waals surface area contributed by atoms with Crippen molar-refractivity contribution >= 4 is 0 Å². The third kappa shape index (κ3) is 6.16. The lowest BCUT2D eigenvalue weighted by atomic mass is 10.0. The van der Waals surface area contributed by atoms with Crippen molar-refractivity contribution < 1.29 is 5.11 Å². The van der Waals surface area contributed by atoms with Gasteiger partial charge in [0.2, 0.25) is 0 Å². The maximum atomic E-state index is 9.66. The first-order valence-electron chi connectivity index (χ1n) is 6.38. The van der Waals surface area contributed by atoms with Crippen molar-refractivity contribution in [2.75, 3.05) is 20.1 Å². The number of aliphatic hydroxyl groups is 1. The van der Waals surface area contributed by atoms with Crippen molar-refractivity contribution in [1.29, 1.82) is 0 Å². The van der Waals surface area contributed by atoms with Crippen LogP contribution in [0.5, 0.6) is 0 Å². The lowest BCUT2D eigenvalue weighted by molar-refractivity contribution is 0.0439. The van der Waals surface area contributed by atoms with Gasteiger partial charge in [-0.05, 0) is 46.2 Å². The Balaban J connectivity index is 2.03. The summed E-state index contributed by atoms with van der Waals surface area (Å²) in [6.45, 7) is 5.65. The molecule has 0 saturated heterocycles. The van der Waals surface area contributed by atoms with Crippen LogP contribution in [0.15, 0.2) is 0 Å². The van der Waals surface area contributed by atoms with Gasteiger partial charge in [0, 0.05) is 6.54 Å². The molecule has 1 N–H and O–H groups in total. The first-order chi connectivity index (χ1) is 6.97. The van der Waals surface area contributed by atoms with E-state index in [4.69, 9.17) is 0 Å². The Kier molecular flexibility index (Phi) is 5.07. The maximum Gasteiger partial charge on any atom is 0.0718 e. The fourth-order valence-electron chi connectivity index (χ4n) is 2.69. The average Bonchev–Trinajstić information content (AvgIpc) is 2.53. The van der Waals surface area contributed by atoms with Gasteiger partial charge in [-0.3, -0.25) is 0 Å². The second-order valence-electron chi connectivity index (χ2n) is 5.84. The molecule has 1 aliphatic carbocycles. The number of nitrogens with zero attached hydrogens (tertiary/aromatic N) is 1. The minimum atomic E-state index is -0.553. The third-order valence-corrected chi connectivity index (χ3v) is 3.28. The summed E-state index contributed by atoms with van der Waals surface area (Å²) in [5, 5.41) is 9.66. The van der Waals surface area contributed by atoms with E-state index in [0.29, 0.717) is 0 Å². The summed E-state index contributed by atoms with van der Waals surface area (Å²) in [4.78, 5) is 2.24. The molecular formula is C13H27NO. The molecule has 0 radical (unpaired) electrons. The van der Waals surface area contributed by atoms with Crippen LogP contribution in [0, 0.1) is 5.92 Å². The monoisotopic (exact) mass is 213 g/mol. The molecule has 1 fully saturated rings. The van der Waals surface area contributed by atoms with Gasteiger partial charge in [-0.2, -0.15) is 0 Å². The Morgan fingerprint density at radius 2 is 1.87 bits per heavy atom. The van der Waals surface area contributed by atoms with Crippen LogP contribution in [-0.2, 0) is 0 Å². The average molecular weight is 213 g/mol. The normalized spacial score (nSPS) is 19.0. The number of hydrogen-bond donors (Lipinski definition) is 1. The largest absolute Gasteiger partial charge is 0.389 e. The van der Waals surface area contributed by atoms with Gasteiger partial charge in [0.05, 0.1) is 5.60 Å². The number of hydrogen-bond acceptors (Lipinski definition) is 2. The number of rotatable bonds is 6. The van der Waals surface area contributed by atoms with Crippen molar-refractivity contribution in [3.05, 3.63) is 0 Å². The molecule has 0 spiro atoms. The highest BCUT2D eigenvalue weighted by atomic mass is 16.3. The van der Waals surface area contributed by atoms with E-state index >= 15 is 0 Å². The molecule has 1 rings (SSSR count). The summed E-state index contributed by atoms with van der Waals surface area (Å²) in [5.41, 5.74) is -0.553. The van der Waals surface area contributed by atoms with Crippen molar-refractivity contribution in [2.45, 2.75) is 58.0 Å². The van der Waals surface area contributed by atoms with Crippen LogP contribution in [0.1, 0.15) is 52.4 Å². The summed E-state index contributed by atoms with van der Waals surface area (Å²) in [7, 11) is 2.10. The van der Waals surface area contributed by atoms with Gasteiger partial charge >= 0.3 is 0 Å². The Morgan fingerprint density at radius 3 is 2.40 bits per heavy atom. The lowest BCUT2D eigenvalue weighted by Gasteiger charge is -2.25. The molecule has 0 aromatic rings. The van der Waals surface area contributed by atoms with E-state index in [-0.39, 0.29) is 0 Å². The van der Waals surface area contributed by atoms with Gasteiger partial charge in [-0.15, -0.1) is 0 Å². The van der Waals surface area contributed by atoms with Gasteiger partial charge in [0.1, 0.15) is 0 Å². The van der Waals surface area contributed by atoms with E-state index in [0.717, 1.165) is 19.0 Å². The molecule has 0 aliphatic heterocycles. The molecule has 2 nitrogen and oxygen atoms in total. The molecule has 2 heteroatoms. The zero-order valence-corrected chi connectivity index (χ0v) is 10.6. The number of likely N-dealkylation sites (N-methyl/N-ethyl adjacent to an activating group) is 1. The summed E-state index contributed by atoms with van der Waals surface area (Å²) in [5.74, 6) is 1.00. The second kappa shape index (κ2) is 5.86. The van der Waals surface area contributed by atoms with Gasteiger partial charge in [0.15, 0.2) is 0 Å². The summed E-state index contributed by atoms with van der Waals surface area (Å²) < 4.78 is 0. The molecule has 1 aliphatic rings. The Morgan fingerprint density at radius 1 is 1.27 bits per heavy atom. The molecule has 0 heterocycles. The summed E-state index contributed by atoms with van der Waals surface area (Å²) in [6.07, 6.45) is 8.48. The fourth-order valence-corrected chi connectivity index (χ4v) is 2.69. The van der Waals surface area contributed by atoms with Gasteiger partial charge in [0.25, 0.3) is 0 Å². The van der Waals surface area contributed by atoms with E-state index < -0.39 is 5.60 Å². The Bertz CT molecular complexity index is 168. The van der Waals surface area contributed by atoms with Crippen LogP contribution < -0.4 is 0 Å². The van der Waals surface area contributed by atoms with Crippen LogP contribution in [0.2, 0.25) is 0 Å². The van der Waals surface area contributed by atoms with E-state index in [1.54, 1.807) is 0 Å². The minimum Gasteiger partial charge on any atom is -0.389 e. The van der Waals surface area contributed by atoms with Crippen molar-refractivity contribution in [1.82, 2.24) is 4.90 Å². The van der Waals surface area contributed by atoms with Crippen LogP contribution in [0.25, 0.3) is 0 Å². The second-order valence-corrected chi connectivity index (χ2v) is 5.84. The van der Waals surface area contributed by atoms with E-state index in [9.17, 15) is 5.11 Å². The SMILES string of the molecule is CN(CCCC1CCCC1)CC(C)(C)O. The molecule has 0 amide bonds. The smallest absolute Gasteiger partial charge is 0.0718 e. The molecule has 0 aromatic heterocycles. The summed E-state index contributed by atoms with van der Waals surface area (Å²) >= 11 is 0. The van der Waals surface area contributed by atoms with Crippen molar-refractivity contribution in [3.8, 4) is 0 Å². The molecule has 0 aromatic carbocycles.